The molecule has 0 spiro atoms. The molecule has 2 N–H and O–H groups in total. The lowest BCUT2D eigenvalue weighted by Gasteiger charge is -2.12. The predicted molar refractivity (Wildman–Crippen MR) is 63.0 cm³/mol. The summed E-state index contributed by atoms with van der Waals surface area (Å²) in [5.74, 6) is -2.76. The lowest BCUT2D eigenvalue weighted by atomic mass is 10.1. The fraction of sp³-hybridized carbons (Fsp3) is 0.0769. The quantitative estimate of drug-likeness (QED) is 0.883. The molecular weight excluding hydrogens is 253 g/mol. The lowest BCUT2D eigenvalue weighted by Crippen LogP contribution is -2.33. The van der Waals surface area contributed by atoms with Crippen molar-refractivity contribution in [2.75, 3.05) is 0 Å². The molecule has 2 aromatic rings. The average molecular weight is 263 g/mol. The van der Waals surface area contributed by atoms with Gasteiger partial charge in [-0.1, -0.05) is 12.1 Å². The summed E-state index contributed by atoms with van der Waals surface area (Å²) in [5.41, 5.74) is -0.222. The molecule has 1 atom stereocenters. The van der Waals surface area contributed by atoms with Crippen molar-refractivity contribution >= 4 is 11.9 Å². The Labute approximate surface area is 107 Å². The maximum atomic E-state index is 13.4. The SMILES string of the molecule is O=C(NC(C(=O)O)c1ccco1)c1ccccc1F. The fourth-order valence-electron chi connectivity index (χ4n) is 1.56. The molecule has 0 fully saturated rings. The van der Waals surface area contributed by atoms with Gasteiger partial charge < -0.3 is 14.8 Å². The second-order valence-electron chi connectivity index (χ2n) is 3.74. The van der Waals surface area contributed by atoms with Crippen molar-refractivity contribution in [2.45, 2.75) is 6.04 Å². The number of furan rings is 1. The minimum absolute atomic E-state index is 0.0668. The number of hydrogen-bond acceptors (Lipinski definition) is 3. The van der Waals surface area contributed by atoms with Gasteiger partial charge in [-0.05, 0) is 24.3 Å². The Kier molecular flexibility index (Phi) is 3.61. The normalized spacial score (nSPS) is 11.8. The molecule has 19 heavy (non-hydrogen) atoms. The zero-order chi connectivity index (χ0) is 13.8. The van der Waals surface area contributed by atoms with E-state index in [1.54, 1.807) is 0 Å². The molecule has 1 aromatic heterocycles. The summed E-state index contributed by atoms with van der Waals surface area (Å²) in [6.45, 7) is 0. The highest BCUT2D eigenvalue weighted by Crippen LogP contribution is 2.15. The molecule has 0 bridgehead atoms. The van der Waals surface area contributed by atoms with Crippen molar-refractivity contribution in [3.05, 3.63) is 59.8 Å². The highest BCUT2D eigenvalue weighted by Gasteiger charge is 2.26. The second kappa shape index (κ2) is 5.34. The summed E-state index contributed by atoms with van der Waals surface area (Å²) in [7, 11) is 0. The predicted octanol–water partition coefficient (Wildman–Crippen LogP) is 1.97. The van der Waals surface area contributed by atoms with Crippen molar-refractivity contribution in [1.82, 2.24) is 5.32 Å². The van der Waals surface area contributed by atoms with Gasteiger partial charge in [0.05, 0.1) is 11.8 Å². The van der Waals surface area contributed by atoms with E-state index in [-0.39, 0.29) is 11.3 Å². The molecule has 1 unspecified atom stereocenters. The third-order valence-electron chi connectivity index (χ3n) is 2.47. The van der Waals surface area contributed by atoms with Crippen LogP contribution in [0.5, 0.6) is 0 Å². The summed E-state index contributed by atoms with van der Waals surface area (Å²) in [4.78, 5) is 22.9. The van der Waals surface area contributed by atoms with Gasteiger partial charge in [0.1, 0.15) is 11.6 Å². The summed E-state index contributed by atoms with van der Waals surface area (Å²) < 4.78 is 18.3. The van der Waals surface area contributed by atoms with Crippen LogP contribution < -0.4 is 5.32 Å². The van der Waals surface area contributed by atoms with E-state index in [9.17, 15) is 14.0 Å². The molecule has 0 saturated heterocycles. The zero-order valence-electron chi connectivity index (χ0n) is 9.67. The Hall–Kier alpha value is -2.63. The molecular formula is C13H10FNO4. The number of nitrogens with one attached hydrogen (secondary N) is 1. The number of halogens is 1. The Bertz CT molecular complexity index is 594. The largest absolute Gasteiger partial charge is 0.479 e. The van der Waals surface area contributed by atoms with Crippen LogP contribution in [-0.2, 0) is 4.79 Å². The Morgan fingerprint density at radius 1 is 1.21 bits per heavy atom. The molecule has 0 aliphatic rings. The number of benzene rings is 1. The lowest BCUT2D eigenvalue weighted by molar-refractivity contribution is -0.139. The summed E-state index contributed by atoms with van der Waals surface area (Å²) >= 11 is 0. The average Bonchev–Trinajstić information content (AvgIpc) is 2.89. The van der Waals surface area contributed by atoms with Gasteiger partial charge in [-0.3, -0.25) is 4.79 Å². The van der Waals surface area contributed by atoms with Gasteiger partial charge >= 0.3 is 5.97 Å². The number of hydrogen-bond donors (Lipinski definition) is 2. The van der Waals surface area contributed by atoms with Crippen LogP contribution in [0.4, 0.5) is 4.39 Å². The molecule has 6 heteroatoms. The molecule has 2 rings (SSSR count). The number of amides is 1. The standard InChI is InChI=1S/C13H10FNO4/c14-9-5-2-1-4-8(9)12(16)15-11(13(17)18)10-6-3-7-19-10/h1-7,11H,(H,15,16)(H,17,18). The van der Waals surface area contributed by atoms with Crippen molar-refractivity contribution in [1.29, 1.82) is 0 Å². The molecule has 1 heterocycles. The van der Waals surface area contributed by atoms with Gasteiger partial charge in [-0.2, -0.15) is 0 Å². The van der Waals surface area contributed by atoms with Crippen LogP contribution in [0.1, 0.15) is 22.2 Å². The van der Waals surface area contributed by atoms with Gasteiger partial charge in [0.25, 0.3) is 5.91 Å². The van der Waals surface area contributed by atoms with Crippen LogP contribution in [-0.4, -0.2) is 17.0 Å². The summed E-state index contributed by atoms with van der Waals surface area (Å²) in [6, 6.07) is 6.88. The molecule has 98 valence electrons. The summed E-state index contributed by atoms with van der Waals surface area (Å²) in [6.07, 6.45) is 1.29. The highest BCUT2D eigenvalue weighted by atomic mass is 19.1. The zero-order valence-corrected chi connectivity index (χ0v) is 9.67. The van der Waals surface area contributed by atoms with Crippen molar-refractivity contribution in [3.63, 3.8) is 0 Å². The number of carbonyl (C=O) groups is 2. The number of carbonyl (C=O) groups excluding carboxylic acids is 1. The molecule has 0 radical (unpaired) electrons. The Morgan fingerprint density at radius 2 is 1.95 bits per heavy atom. The first-order valence-electron chi connectivity index (χ1n) is 5.41. The Balaban J connectivity index is 2.21. The maximum absolute atomic E-state index is 13.4. The number of rotatable bonds is 4. The van der Waals surface area contributed by atoms with Gasteiger partial charge in [0.15, 0.2) is 6.04 Å². The highest BCUT2D eigenvalue weighted by molar-refractivity contribution is 5.96. The molecule has 5 nitrogen and oxygen atoms in total. The van der Waals surface area contributed by atoms with Crippen LogP contribution in [0.15, 0.2) is 47.1 Å². The van der Waals surface area contributed by atoms with E-state index in [0.29, 0.717) is 0 Å². The Morgan fingerprint density at radius 3 is 2.53 bits per heavy atom. The van der Waals surface area contributed by atoms with Crippen molar-refractivity contribution in [3.8, 4) is 0 Å². The minimum Gasteiger partial charge on any atom is -0.479 e. The maximum Gasteiger partial charge on any atom is 0.334 e. The van der Waals surface area contributed by atoms with Crippen LogP contribution in [0.2, 0.25) is 0 Å². The molecule has 0 aliphatic heterocycles. The van der Waals surface area contributed by atoms with E-state index in [1.165, 1.54) is 36.6 Å². The third kappa shape index (κ3) is 2.79. The van der Waals surface area contributed by atoms with E-state index < -0.39 is 23.7 Å². The van der Waals surface area contributed by atoms with E-state index >= 15 is 0 Å². The van der Waals surface area contributed by atoms with Crippen molar-refractivity contribution < 1.29 is 23.5 Å². The van der Waals surface area contributed by atoms with Crippen LogP contribution >= 0.6 is 0 Å². The first kappa shape index (κ1) is 12.8. The number of aliphatic carboxylic acids is 1. The van der Waals surface area contributed by atoms with Gasteiger partial charge in [-0.25, -0.2) is 9.18 Å². The number of carboxylic acids is 1. The van der Waals surface area contributed by atoms with E-state index in [2.05, 4.69) is 5.32 Å². The van der Waals surface area contributed by atoms with E-state index in [1.807, 2.05) is 0 Å². The van der Waals surface area contributed by atoms with E-state index in [0.717, 1.165) is 6.07 Å². The third-order valence-corrected chi connectivity index (χ3v) is 2.47. The van der Waals surface area contributed by atoms with Crippen molar-refractivity contribution in [2.24, 2.45) is 0 Å². The fourth-order valence-corrected chi connectivity index (χ4v) is 1.56. The van der Waals surface area contributed by atoms with Gasteiger partial charge in [-0.15, -0.1) is 0 Å². The van der Waals surface area contributed by atoms with Crippen LogP contribution in [0, 0.1) is 5.82 Å². The molecule has 1 amide bonds. The topological polar surface area (TPSA) is 79.5 Å². The second-order valence-corrected chi connectivity index (χ2v) is 3.74. The first-order valence-corrected chi connectivity index (χ1v) is 5.41. The van der Waals surface area contributed by atoms with E-state index in [4.69, 9.17) is 9.52 Å². The minimum atomic E-state index is -1.36. The van der Waals surface area contributed by atoms with Crippen LogP contribution in [0.25, 0.3) is 0 Å². The monoisotopic (exact) mass is 263 g/mol. The van der Waals surface area contributed by atoms with Gasteiger partial charge in [0, 0.05) is 0 Å². The first-order chi connectivity index (χ1) is 9.09. The summed E-state index contributed by atoms with van der Waals surface area (Å²) in [5, 5.41) is 11.2. The number of carboxylic acid groups (broad SMARTS) is 1. The molecule has 0 aliphatic carbocycles. The smallest absolute Gasteiger partial charge is 0.334 e. The van der Waals surface area contributed by atoms with Gasteiger partial charge in [0.2, 0.25) is 0 Å². The molecule has 0 saturated carbocycles. The van der Waals surface area contributed by atoms with Crippen LogP contribution in [0.3, 0.4) is 0 Å². The molecule has 1 aromatic carbocycles.